The molecule has 0 unspecified atom stereocenters. The minimum atomic E-state index is -1.30. The van der Waals surface area contributed by atoms with Crippen molar-refractivity contribution in [2.24, 2.45) is 0 Å². The highest BCUT2D eigenvalue weighted by Crippen LogP contribution is 2.49. The molecule has 3 aliphatic rings. The molecule has 2 aliphatic heterocycles. The van der Waals surface area contributed by atoms with Crippen LogP contribution in [0.2, 0.25) is 0 Å². The van der Waals surface area contributed by atoms with E-state index in [1.165, 1.54) is 12.5 Å². The zero-order valence-corrected chi connectivity index (χ0v) is 26.5. The molecule has 1 atom stereocenters. The molecule has 1 aliphatic carbocycles. The average molecular weight is 580 g/mol. The predicted molar refractivity (Wildman–Crippen MR) is 162 cm³/mol. The predicted octanol–water partition coefficient (Wildman–Crippen LogP) is 7.64. The minimum absolute atomic E-state index is 0.0832. The fourth-order valence-electron chi connectivity index (χ4n) is 7.71. The highest BCUT2D eigenvalue weighted by molar-refractivity contribution is 5.93. The number of carboxylic acids is 1. The minimum Gasteiger partial charge on any atom is -0.490 e. The lowest BCUT2D eigenvalue weighted by atomic mass is 9.69. The smallest absolute Gasteiger partial charge is 0.337 e. The first-order valence-corrected chi connectivity index (χ1v) is 15.5. The van der Waals surface area contributed by atoms with Crippen molar-refractivity contribution in [3.05, 3.63) is 50.8 Å². The second-order valence-corrected chi connectivity index (χ2v) is 14.0. The number of amides is 1. The van der Waals surface area contributed by atoms with Crippen LogP contribution in [0, 0.1) is 26.6 Å². The van der Waals surface area contributed by atoms with E-state index in [-0.39, 0.29) is 11.9 Å². The summed E-state index contributed by atoms with van der Waals surface area (Å²) < 4.78 is 27.7. The van der Waals surface area contributed by atoms with Gasteiger partial charge in [0.05, 0.1) is 17.6 Å². The monoisotopic (exact) mass is 579 g/mol. The van der Waals surface area contributed by atoms with Gasteiger partial charge in [-0.05, 0) is 126 Å². The van der Waals surface area contributed by atoms with Gasteiger partial charge in [-0.25, -0.2) is 9.18 Å². The molecule has 2 heterocycles. The molecule has 1 fully saturated rings. The second kappa shape index (κ2) is 11.0. The number of hydrogen-bond donors (Lipinski definition) is 1. The first-order valence-electron chi connectivity index (χ1n) is 15.5. The lowest BCUT2D eigenvalue weighted by Crippen LogP contribution is -2.53. The summed E-state index contributed by atoms with van der Waals surface area (Å²) in [5.74, 6) is -1.17. The lowest BCUT2D eigenvalue weighted by molar-refractivity contribution is -0.160. The van der Waals surface area contributed by atoms with Gasteiger partial charge in [0.2, 0.25) is 5.91 Å². The third-order valence-electron chi connectivity index (χ3n) is 9.61. The van der Waals surface area contributed by atoms with Gasteiger partial charge >= 0.3 is 5.97 Å². The van der Waals surface area contributed by atoms with Crippen molar-refractivity contribution in [2.75, 3.05) is 6.61 Å². The van der Waals surface area contributed by atoms with Crippen molar-refractivity contribution in [3.8, 4) is 16.9 Å². The fourth-order valence-corrected chi connectivity index (χ4v) is 7.71. The molecule has 0 spiro atoms. The zero-order valence-electron chi connectivity index (χ0n) is 26.5. The van der Waals surface area contributed by atoms with Gasteiger partial charge in [0, 0.05) is 23.7 Å². The molecule has 0 aromatic heterocycles. The molecule has 2 aromatic carbocycles. The Morgan fingerprint density at radius 1 is 1.07 bits per heavy atom. The van der Waals surface area contributed by atoms with E-state index >= 15 is 4.39 Å². The molecule has 0 bridgehead atoms. The van der Waals surface area contributed by atoms with E-state index in [1.54, 1.807) is 0 Å². The maximum Gasteiger partial charge on any atom is 0.337 e. The van der Waals surface area contributed by atoms with Gasteiger partial charge in [-0.3, -0.25) is 4.79 Å². The molecular formula is C35H46FNO5. The number of halogens is 1. The van der Waals surface area contributed by atoms with Crippen LogP contribution in [0.3, 0.4) is 0 Å². The van der Waals surface area contributed by atoms with E-state index in [4.69, 9.17) is 9.47 Å². The molecule has 5 rings (SSSR count). The number of benzene rings is 2. The van der Waals surface area contributed by atoms with E-state index < -0.39 is 28.9 Å². The first-order chi connectivity index (χ1) is 19.6. The van der Waals surface area contributed by atoms with Crippen LogP contribution in [0.25, 0.3) is 11.1 Å². The average Bonchev–Trinajstić information content (AvgIpc) is 2.93. The summed E-state index contributed by atoms with van der Waals surface area (Å²) in [6.45, 7) is 16.3. The van der Waals surface area contributed by atoms with Gasteiger partial charge in [-0.1, -0.05) is 19.3 Å². The van der Waals surface area contributed by atoms with Crippen LogP contribution in [0.5, 0.6) is 5.75 Å². The zero-order chi connectivity index (χ0) is 30.7. The summed E-state index contributed by atoms with van der Waals surface area (Å²) in [6.07, 6.45) is 5.60. The summed E-state index contributed by atoms with van der Waals surface area (Å²) in [5, 5.41) is 10.6. The maximum absolute atomic E-state index is 15.7. The topological polar surface area (TPSA) is 76.1 Å². The fraction of sp³-hybridized carbons (Fsp3) is 0.600. The van der Waals surface area contributed by atoms with Crippen molar-refractivity contribution in [3.63, 3.8) is 0 Å². The third-order valence-corrected chi connectivity index (χ3v) is 9.61. The standard InChI is InChI=1S/C35H46FNO5/c1-19-23-15-12-16-41-30(23)26(36)17-24(19)27-20(2)25-18-37(22-13-10-9-11-14-22)33(40)35(7,8)29(25)21(3)28(27)31(32(38)39)42-34(4,5)6/h17,22,31H,9-16,18H2,1-8H3,(H,38,39)/t31-/m0/s1. The number of ether oxygens (including phenoxy) is 2. The summed E-state index contributed by atoms with van der Waals surface area (Å²) in [6, 6.07) is 1.70. The quantitative estimate of drug-likeness (QED) is 0.394. The Morgan fingerprint density at radius 2 is 1.74 bits per heavy atom. The molecule has 228 valence electrons. The van der Waals surface area contributed by atoms with Gasteiger partial charge in [0.15, 0.2) is 17.7 Å². The molecular weight excluding hydrogens is 533 g/mol. The molecule has 1 N–H and O–H groups in total. The van der Waals surface area contributed by atoms with Crippen LogP contribution < -0.4 is 4.74 Å². The highest BCUT2D eigenvalue weighted by Gasteiger charge is 2.46. The summed E-state index contributed by atoms with van der Waals surface area (Å²) in [5.41, 5.74) is 5.50. The molecule has 7 heteroatoms. The molecule has 6 nitrogen and oxygen atoms in total. The normalized spacial score (nSPS) is 19.6. The van der Waals surface area contributed by atoms with E-state index in [0.717, 1.165) is 65.5 Å². The first kappa shape index (κ1) is 30.5. The van der Waals surface area contributed by atoms with Crippen molar-refractivity contribution in [2.45, 2.75) is 130 Å². The number of hydrogen-bond acceptors (Lipinski definition) is 4. The summed E-state index contributed by atoms with van der Waals surface area (Å²) in [7, 11) is 0. The molecule has 42 heavy (non-hydrogen) atoms. The SMILES string of the molecule is Cc1c(-c2c(C)c3c(c(C)c2[C@H](OC(C)(C)C)C(=O)O)C(C)(C)C(=O)N(C2CCCCC2)C3)cc(F)c2c1CCCO2. The Balaban J connectivity index is 1.84. The number of aliphatic carboxylic acids is 1. The van der Waals surface area contributed by atoms with Crippen molar-refractivity contribution >= 4 is 11.9 Å². The number of nitrogens with zero attached hydrogens (tertiary/aromatic N) is 1. The van der Waals surface area contributed by atoms with Gasteiger partial charge in [0.1, 0.15) is 0 Å². The van der Waals surface area contributed by atoms with Gasteiger partial charge < -0.3 is 19.5 Å². The third kappa shape index (κ3) is 5.12. The number of rotatable bonds is 5. The Labute approximate surface area is 249 Å². The van der Waals surface area contributed by atoms with E-state index in [1.807, 2.05) is 55.4 Å². The second-order valence-electron chi connectivity index (χ2n) is 14.0. The molecule has 0 radical (unpaired) electrons. The van der Waals surface area contributed by atoms with Crippen LogP contribution in [0.4, 0.5) is 4.39 Å². The Bertz CT molecular complexity index is 1430. The Morgan fingerprint density at radius 3 is 2.36 bits per heavy atom. The van der Waals surface area contributed by atoms with Crippen LogP contribution in [0.1, 0.15) is 118 Å². The van der Waals surface area contributed by atoms with Gasteiger partial charge in [-0.15, -0.1) is 0 Å². The van der Waals surface area contributed by atoms with Gasteiger partial charge in [-0.2, -0.15) is 0 Å². The summed E-state index contributed by atoms with van der Waals surface area (Å²) >= 11 is 0. The van der Waals surface area contributed by atoms with Gasteiger partial charge in [0.25, 0.3) is 0 Å². The van der Waals surface area contributed by atoms with Crippen molar-refractivity contribution in [1.82, 2.24) is 4.90 Å². The van der Waals surface area contributed by atoms with E-state index in [2.05, 4.69) is 4.90 Å². The molecule has 2 aromatic rings. The van der Waals surface area contributed by atoms with E-state index in [0.29, 0.717) is 42.0 Å². The van der Waals surface area contributed by atoms with Crippen LogP contribution in [0.15, 0.2) is 6.07 Å². The molecule has 0 saturated heterocycles. The molecule has 1 amide bonds. The van der Waals surface area contributed by atoms with Crippen LogP contribution in [-0.4, -0.2) is 40.1 Å². The Hall–Kier alpha value is -2.93. The van der Waals surface area contributed by atoms with Crippen molar-refractivity contribution < 1.29 is 28.6 Å². The number of carbonyl (C=O) groups excluding carboxylic acids is 1. The Kier molecular flexibility index (Phi) is 7.97. The summed E-state index contributed by atoms with van der Waals surface area (Å²) in [4.78, 5) is 29.2. The van der Waals surface area contributed by atoms with Crippen molar-refractivity contribution in [1.29, 1.82) is 0 Å². The van der Waals surface area contributed by atoms with Crippen LogP contribution >= 0.6 is 0 Å². The lowest BCUT2D eigenvalue weighted by Gasteiger charge is -2.46. The maximum atomic E-state index is 15.7. The highest BCUT2D eigenvalue weighted by atomic mass is 19.1. The molecule has 1 saturated carbocycles. The largest absolute Gasteiger partial charge is 0.490 e. The van der Waals surface area contributed by atoms with Crippen LogP contribution in [-0.2, 0) is 32.7 Å². The number of carbonyl (C=O) groups is 2. The number of carboxylic acid groups (broad SMARTS) is 1. The number of fused-ring (bicyclic) bond motifs is 2. The van der Waals surface area contributed by atoms with E-state index in [9.17, 15) is 14.7 Å².